The van der Waals surface area contributed by atoms with Crippen LogP contribution in [0.25, 0.3) is 0 Å². The number of carboxylic acids is 1. The molecular weight excluding hydrogens is 238 g/mol. The molecule has 2 rings (SSSR count). The third-order valence-electron chi connectivity index (χ3n) is 5.22. The molecule has 2 unspecified atom stereocenters. The highest BCUT2D eigenvalue weighted by molar-refractivity contribution is 5.79. The Morgan fingerprint density at radius 3 is 2.63 bits per heavy atom. The predicted octanol–water partition coefficient (Wildman–Crippen LogP) is 3.67. The van der Waals surface area contributed by atoms with Crippen LogP contribution in [0, 0.1) is 5.41 Å². The van der Waals surface area contributed by atoms with Crippen molar-refractivity contribution in [2.45, 2.75) is 83.7 Å². The van der Waals surface area contributed by atoms with E-state index in [0.29, 0.717) is 11.5 Å². The van der Waals surface area contributed by atoms with Gasteiger partial charge >= 0.3 is 5.97 Å². The SMILES string of the molecule is CCCC1(C(=O)O)CCCN1C1CCCC(C)(C)C1. The number of rotatable bonds is 4. The van der Waals surface area contributed by atoms with Gasteiger partial charge < -0.3 is 5.11 Å². The molecule has 3 nitrogen and oxygen atoms in total. The fourth-order valence-corrected chi connectivity index (χ4v) is 4.37. The van der Waals surface area contributed by atoms with Gasteiger partial charge in [-0.3, -0.25) is 9.69 Å². The maximum Gasteiger partial charge on any atom is 0.324 e. The Kier molecular flexibility index (Phi) is 4.24. The monoisotopic (exact) mass is 267 g/mol. The lowest BCUT2D eigenvalue weighted by atomic mass is 9.73. The fourth-order valence-electron chi connectivity index (χ4n) is 4.37. The van der Waals surface area contributed by atoms with Crippen LogP contribution in [0.4, 0.5) is 0 Å². The first-order chi connectivity index (χ1) is 8.91. The van der Waals surface area contributed by atoms with Crippen molar-refractivity contribution >= 4 is 5.97 Å². The van der Waals surface area contributed by atoms with Crippen molar-refractivity contribution in [2.24, 2.45) is 5.41 Å². The van der Waals surface area contributed by atoms with Gasteiger partial charge in [-0.1, -0.05) is 33.6 Å². The maximum absolute atomic E-state index is 11.9. The van der Waals surface area contributed by atoms with Crippen LogP contribution in [0.15, 0.2) is 0 Å². The summed E-state index contributed by atoms with van der Waals surface area (Å²) in [6.45, 7) is 7.74. The van der Waals surface area contributed by atoms with Gasteiger partial charge in [0, 0.05) is 6.04 Å². The Bertz CT molecular complexity index is 340. The Morgan fingerprint density at radius 2 is 2.05 bits per heavy atom. The van der Waals surface area contributed by atoms with Gasteiger partial charge in [0.25, 0.3) is 0 Å². The summed E-state index contributed by atoms with van der Waals surface area (Å²) in [5.41, 5.74) is -0.186. The normalized spacial score (nSPS) is 35.4. The van der Waals surface area contributed by atoms with E-state index >= 15 is 0 Å². The van der Waals surface area contributed by atoms with Crippen LogP contribution in [0.2, 0.25) is 0 Å². The molecule has 1 saturated carbocycles. The van der Waals surface area contributed by atoms with E-state index in [9.17, 15) is 9.90 Å². The van der Waals surface area contributed by atoms with Gasteiger partial charge in [0.1, 0.15) is 5.54 Å². The van der Waals surface area contributed by atoms with Gasteiger partial charge in [0.15, 0.2) is 0 Å². The molecule has 1 aliphatic carbocycles. The number of hydrogen-bond donors (Lipinski definition) is 1. The Hall–Kier alpha value is -0.570. The second-order valence-corrected chi connectivity index (χ2v) is 7.30. The maximum atomic E-state index is 11.9. The third-order valence-corrected chi connectivity index (χ3v) is 5.22. The molecule has 2 aliphatic rings. The Morgan fingerprint density at radius 1 is 1.32 bits per heavy atom. The molecule has 0 amide bonds. The van der Waals surface area contributed by atoms with Crippen LogP contribution < -0.4 is 0 Å². The molecule has 2 fully saturated rings. The smallest absolute Gasteiger partial charge is 0.324 e. The molecule has 1 saturated heterocycles. The highest BCUT2D eigenvalue weighted by Crippen LogP contribution is 2.43. The van der Waals surface area contributed by atoms with Gasteiger partial charge in [-0.05, 0) is 50.5 Å². The lowest BCUT2D eigenvalue weighted by Crippen LogP contribution is -2.56. The van der Waals surface area contributed by atoms with Crippen molar-refractivity contribution in [3.05, 3.63) is 0 Å². The van der Waals surface area contributed by atoms with Crippen molar-refractivity contribution in [3.8, 4) is 0 Å². The fraction of sp³-hybridized carbons (Fsp3) is 0.938. The van der Waals surface area contributed by atoms with E-state index < -0.39 is 11.5 Å². The average molecular weight is 267 g/mol. The summed E-state index contributed by atoms with van der Waals surface area (Å²) in [4.78, 5) is 14.2. The van der Waals surface area contributed by atoms with Crippen LogP contribution in [-0.2, 0) is 4.79 Å². The summed E-state index contributed by atoms with van der Waals surface area (Å²) in [5.74, 6) is -0.588. The van der Waals surface area contributed by atoms with Gasteiger partial charge in [-0.2, -0.15) is 0 Å². The summed E-state index contributed by atoms with van der Waals surface area (Å²) in [6, 6.07) is 0.480. The first-order valence-electron chi connectivity index (χ1n) is 7.91. The molecule has 110 valence electrons. The third kappa shape index (κ3) is 2.81. The molecule has 0 aromatic heterocycles. The van der Waals surface area contributed by atoms with E-state index in [1.807, 2.05) is 0 Å². The molecule has 1 aliphatic heterocycles. The minimum atomic E-state index is -0.588. The zero-order valence-corrected chi connectivity index (χ0v) is 12.7. The van der Waals surface area contributed by atoms with Crippen LogP contribution in [0.1, 0.15) is 72.1 Å². The second kappa shape index (κ2) is 5.43. The highest BCUT2D eigenvalue weighted by Gasteiger charge is 2.50. The number of aliphatic carboxylic acids is 1. The van der Waals surface area contributed by atoms with Crippen molar-refractivity contribution < 1.29 is 9.90 Å². The lowest BCUT2D eigenvalue weighted by molar-refractivity contribution is -0.153. The second-order valence-electron chi connectivity index (χ2n) is 7.30. The van der Waals surface area contributed by atoms with E-state index in [-0.39, 0.29) is 0 Å². The summed E-state index contributed by atoms with van der Waals surface area (Å²) in [6.07, 6.45) is 8.52. The summed E-state index contributed by atoms with van der Waals surface area (Å²) in [7, 11) is 0. The van der Waals surface area contributed by atoms with E-state index in [1.54, 1.807) is 0 Å². The minimum Gasteiger partial charge on any atom is -0.480 e. The first-order valence-corrected chi connectivity index (χ1v) is 7.91. The molecular formula is C16H29NO2. The van der Waals surface area contributed by atoms with Crippen molar-refractivity contribution in [1.29, 1.82) is 0 Å². The zero-order chi connectivity index (χ0) is 14.1. The summed E-state index contributed by atoms with van der Waals surface area (Å²) >= 11 is 0. The Labute approximate surface area is 117 Å². The van der Waals surface area contributed by atoms with E-state index in [0.717, 1.165) is 38.6 Å². The number of hydrogen-bond acceptors (Lipinski definition) is 2. The Balaban J connectivity index is 2.19. The average Bonchev–Trinajstić information content (AvgIpc) is 2.73. The molecule has 0 aromatic carbocycles. The molecule has 1 N–H and O–H groups in total. The van der Waals surface area contributed by atoms with Gasteiger partial charge in [0.2, 0.25) is 0 Å². The zero-order valence-electron chi connectivity index (χ0n) is 12.7. The first kappa shape index (κ1) is 14.8. The molecule has 0 spiro atoms. The molecule has 2 atom stereocenters. The molecule has 0 bridgehead atoms. The highest BCUT2D eigenvalue weighted by atomic mass is 16.4. The standard InChI is InChI=1S/C16H29NO2/c1-4-8-16(14(18)19)10-6-11-17(16)13-7-5-9-15(2,3)12-13/h13H,4-12H2,1-3H3,(H,18,19). The molecule has 0 aromatic rings. The molecule has 1 heterocycles. The topological polar surface area (TPSA) is 40.5 Å². The van der Waals surface area contributed by atoms with Gasteiger partial charge in [-0.15, -0.1) is 0 Å². The van der Waals surface area contributed by atoms with E-state index in [2.05, 4.69) is 25.7 Å². The van der Waals surface area contributed by atoms with Gasteiger partial charge in [-0.25, -0.2) is 0 Å². The number of nitrogens with zero attached hydrogens (tertiary/aromatic N) is 1. The molecule has 0 radical (unpaired) electrons. The van der Waals surface area contributed by atoms with Crippen molar-refractivity contribution in [3.63, 3.8) is 0 Å². The molecule has 19 heavy (non-hydrogen) atoms. The summed E-state index contributed by atoms with van der Waals surface area (Å²) in [5, 5.41) is 9.78. The quantitative estimate of drug-likeness (QED) is 0.844. The van der Waals surface area contributed by atoms with Crippen molar-refractivity contribution in [2.75, 3.05) is 6.54 Å². The van der Waals surface area contributed by atoms with Gasteiger partial charge in [0.05, 0.1) is 0 Å². The summed E-state index contributed by atoms with van der Waals surface area (Å²) < 4.78 is 0. The number of carboxylic acid groups (broad SMARTS) is 1. The van der Waals surface area contributed by atoms with Crippen molar-refractivity contribution in [1.82, 2.24) is 4.90 Å². The number of carbonyl (C=O) groups is 1. The lowest BCUT2D eigenvalue weighted by Gasteiger charge is -2.45. The molecule has 3 heteroatoms. The van der Waals surface area contributed by atoms with Crippen LogP contribution in [0.5, 0.6) is 0 Å². The largest absolute Gasteiger partial charge is 0.480 e. The van der Waals surface area contributed by atoms with E-state index in [1.165, 1.54) is 19.3 Å². The van der Waals surface area contributed by atoms with E-state index in [4.69, 9.17) is 0 Å². The van der Waals surface area contributed by atoms with Crippen LogP contribution in [-0.4, -0.2) is 34.1 Å². The number of likely N-dealkylation sites (tertiary alicyclic amines) is 1. The van der Waals surface area contributed by atoms with Crippen LogP contribution >= 0.6 is 0 Å². The predicted molar refractivity (Wildman–Crippen MR) is 77.3 cm³/mol. The van der Waals surface area contributed by atoms with Crippen LogP contribution in [0.3, 0.4) is 0 Å². The minimum absolute atomic E-state index is 0.377.